The molecule has 1 atom stereocenters. The molecule has 1 heterocycles. The molecule has 170 valence electrons. The molecule has 7 heteroatoms. The lowest BCUT2D eigenvalue weighted by molar-refractivity contribution is -0.140. The molecule has 1 aliphatic rings. The number of benzene rings is 2. The maximum absolute atomic E-state index is 13.1. The second-order valence-electron chi connectivity index (χ2n) is 7.49. The van der Waals surface area contributed by atoms with Gasteiger partial charge in [0.15, 0.2) is 0 Å². The third-order valence-electron chi connectivity index (χ3n) is 5.47. The van der Waals surface area contributed by atoms with Crippen LogP contribution in [0.4, 0.5) is 0 Å². The molecule has 3 rings (SSSR count). The summed E-state index contributed by atoms with van der Waals surface area (Å²) >= 11 is 0. The van der Waals surface area contributed by atoms with Gasteiger partial charge in [-0.25, -0.2) is 0 Å². The number of Topliss-reactive ketones (excluding diaryl/α,β-unsaturated/α-hetero) is 1. The third kappa shape index (κ3) is 4.48. The molecule has 0 spiro atoms. The van der Waals surface area contributed by atoms with Crippen molar-refractivity contribution in [3.63, 3.8) is 0 Å². The van der Waals surface area contributed by atoms with Crippen molar-refractivity contribution < 1.29 is 28.9 Å². The van der Waals surface area contributed by atoms with Gasteiger partial charge in [0.1, 0.15) is 17.3 Å². The van der Waals surface area contributed by atoms with E-state index >= 15 is 0 Å². The minimum Gasteiger partial charge on any atom is -0.507 e. The predicted molar refractivity (Wildman–Crippen MR) is 121 cm³/mol. The molecule has 1 N–H and O–H groups in total. The van der Waals surface area contributed by atoms with Crippen LogP contribution in [0.15, 0.2) is 48.0 Å². The van der Waals surface area contributed by atoms with Gasteiger partial charge in [-0.2, -0.15) is 0 Å². The summed E-state index contributed by atoms with van der Waals surface area (Å²) < 4.78 is 16.2. The molecule has 0 aliphatic carbocycles. The Balaban J connectivity index is 2.17. The second-order valence-corrected chi connectivity index (χ2v) is 7.49. The van der Waals surface area contributed by atoms with Crippen LogP contribution in [0.5, 0.6) is 11.5 Å². The number of nitrogens with zero attached hydrogens (tertiary/aromatic N) is 1. The normalized spacial score (nSPS) is 17.6. The lowest BCUT2D eigenvalue weighted by Gasteiger charge is -2.26. The number of hydrogen-bond acceptors (Lipinski definition) is 6. The third-order valence-corrected chi connectivity index (χ3v) is 5.47. The highest BCUT2D eigenvalue weighted by Crippen LogP contribution is 2.43. The molecule has 1 saturated heterocycles. The average Bonchev–Trinajstić information content (AvgIpc) is 3.04. The van der Waals surface area contributed by atoms with Crippen LogP contribution in [0.2, 0.25) is 0 Å². The Hall–Kier alpha value is -3.32. The standard InChI is InChI=1S/C25H29NO6/c1-5-32-20-10-7-6-9-18(20)22-21(24(28)25(29)26(22)13-8-14-30-3)23(27)17-11-12-19(31-4)16(2)15-17/h6-7,9-12,15,22,27H,5,8,13-14H2,1-4H3. The number of amides is 1. The fourth-order valence-electron chi connectivity index (χ4n) is 3.99. The predicted octanol–water partition coefficient (Wildman–Crippen LogP) is 3.86. The number of carbonyl (C=O) groups is 2. The summed E-state index contributed by atoms with van der Waals surface area (Å²) in [5.41, 5.74) is 1.94. The van der Waals surface area contributed by atoms with Crippen LogP contribution >= 0.6 is 0 Å². The van der Waals surface area contributed by atoms with Crippen molar-refractivity contribution in [2.75, 3.05) is 34.0 Å². The van der Waals surface area contributed by atoms with E-state index < -0.39 is 17.7 Å². The SMILES string of the molecule is CCOc1ccccc1C1C(=C(O)c2ccc(OC)c(C)c2)C(=O)C(=O)N1CCCOC. The van der Waals surface area contributed by atoms with Crippen LogP contribution in [0.25, 0.3) is 5.76 Å². The van der Waals surface area contributed by atoms with Crippen molar-refractivity contribution in [1.82, 2.24) is 4.90 Å². The van der Waals surface area contributed by atoms with E-state index in [-0.39, 0.29) is 11.3 Å². The van der Waals surface area contributed by atoms with Crippen LogP contribution in [0.3, 0.4) is 0 Å². The molecule has 0 radical (unpaired) electrons. The van der Waals surface area contributed by atoms with E-state index in [0.29, 0.717) is 48.8 Å². The topological polar surface area (TPSA) is 85.3 Å². The number of likely N-dealkylation sites (tertiary alicyclic amines) is 1. The Morgan fingerprint density at radius 1 is 1.09 bits per heavy atom. The van der Waals surface area contributed by atoms with E-state index in [0.717, 1.165) is 5.56 Å². The Bertz CT molecular complexity index is 1030. The van der Waals surface area contributed by atoms with Gasteiger partial charge in [0.2, 0.25) is 0 Å². The Morgan fingerprint density at radius 3 is 2.50 bits per heavy atom. The monoisotopic (exact) mass is 439 g/mol. The van der Waals surface area contributed by atoms with Crippen LogP contribution < -0.4 is 9.47 Å². The van der Waals surface area contributed by atoms with Gasteiger partial charge in [-0.1, -0.05) is 18.2 Å². The first-order chi connectivity index (χ1) is 15.4. The van der Waals surface area contributed by atoms with Gasteiger partial charge in [-0.05, 0) is 50.1 Å². The Morgan fingerprint density at radius 2 is 1.84 bits per heavy atom. The van der Waals surface area contributed by atoms with E-state index in [1.807, 2.05) is 32.0 Å². The first kappa shape index (κ1) is 23.3. The smallest absolute Gasteiger partial charge is 0.295 e. The van der Waals surface area contributed by atoms with Crippen molar-refractivity contribution in [2.45, 2.75) is 26.3 Å². The Kier molecular flexibility index (Phi) is 7.53. The number of para-hydroxylation sites is 1. The van der Waals surface area contributed by atoms with Gasteiger partial charge in [0, 0.05) is 31.4 Å². The van der Waals surface area contributed by atoms with Gasteiger partial charge >= 0.3 is 0 Å². The largest absolute Gasteiger partial charge is 0.507 e. The van der Waals surface area contributed by atoms with E-state index in [1.165, 1.54) is 4.90 Å². The van der Waals surface area contributed by atoms with Gasteiger partial charge in [-0.3, -0.25) is 9.59 Å². The van der Waals surface area contributed by atoms with Crippen molar-refractivity contribution >= 4 is 17.4 Å². The molecule has 7 nitrogen and oxygen atoms in total. The number of aliphatic hydroxyl groups excluding tert-OH is 1. The average molecular weight is 440 g/mol. The lowest BCUT2D eigenvalue weighted by Crippen LogP contribution is -2.31. The summed E-state index contributed by atoms with van der Waals surface area (Å²) in [7, 11) is 3.15. The summed E-state index contributed by atoms with van der Waals surface area (Å²) in [5, 5.41) is 11.2. The number of hydrogen-bond donors (Lipinski definition) is 1. The molecule has 1 unspecified atom stereocenters. The summed E-state index contributed by atoms with van der Waals surface area (Å²) in [6, 6.07) is 11.6. The summed E-state index contributed by atoms with van der Waals surface area (Å²) in [6.07, 6.45) is 0.554. The van der Waals surface area contributed by atoms with E-state index in [1.54, 1.807) is 38.5 Å². The number of ketones is 1. The zero-order valence-corrected chi connectivity index (χ0v) is 18.9. The number of rotatable bonds is 9. The van der Waals surface area contributed by atoms with Crippen LogP contribution in [0, 0.1) is 6.92 Å². The summed E-state index contributed by atoms with van der Waals surface area (Å²) in [4.78, 5) is 27.6. The highest BCUT2D eigenvalue weighted by atomic mass is 16.5. The minimum absolute atomic E-state index is 0.0455. The second kappa shape index (κ2) is 10.3. The molecular weight excluding hydrogens is 410 g/mol. The fraction of sp³-hybridized carbons (Fsp3) is 0.360. The molecule has 1 amide bonds. The van der Waals surface area contributed by atoms with E-state index in [4.69, 9.17) is 14.2 Å². The van der Waals surface area contributed by atoms with Gasteiger partial charge in [0.25, 0.3) is 11.7 Å². The van der Waals surface area contributed by atoms with E-state index in [2.05, 4.69) is 0 Å². The first-order valence-electron chi connectivity index (χ1n) is 10.6. The Labute approximate surface area is 188 Å². The molecule has 0 aromatic heterocycles. The van der Waals surface area contributed by atoms with Crippen LogP contribution in [-0.2, 0) is 14.3 Å². The molecule has 32 heavy (non-hydrogen) atoms. The lowest BCUT2D eigenvalue weighted by atomic mass is 9.94. The number of aliphatic hydroxyl groups is 1. The minimum atomic E-state index is -0.767. The molecule has 1 aliphatic heterocycles. The van der Waals surface area contributed by atoms with Crippen molar-refractivity contribution in [1.29, 1.82) is 0 Å². The van der Waals surface area contributed by atoms with Crippen molar-refractivity contribution in [3.8, 4) is 11.5 Å². The molecule has 0 saturated carbocycles. The maximum atomic E-state index is 13.1. The maximum Gasteiger partial charge on any atom is 0.295 e. The van der Waals surface area contributed by atoms with Gasteiger partial charge in [-0.15, -0.1) is 0 Å². The molecular formula is C25H29NO6. The molecule has 0 bridgehead atoms. The van der Waals surface area contributed by atoms with E-state index in [9.17, 15) is 14.7 Å². The fourth-order valence-corrected chi connectivity index (χ4v) is 3.99. The van der Waals surface area contributed by atoms with Gasteiger partial charge in [0.05, 0.1) is 25.3 Å². The van der Waals surface area contributed by atoms with Gasteiger partial charge < -0.3 is 24.2 Å². The number of carbonyl (C=O) groups excluding carboxylic acids is 2. The number of aryl methyl sites for hydroxylation is 1. The highest BCUT2D eigenvalue weighted by molar-refractivity contribution is 6.46. The van der Waals surface area contributed by atoms with Crippen molar-refractivity contribution in [2.24, 2.45) is 0 Å². The van der Waals surface area contributed by atoms with Crippen LogP contribution in [0.1, 0.15) is 36.1 Å². The summed E-state index contributed by atoms with van der Waals surface area (Å²) in [5.74, 6) is -0.358. The number of methoxy groups -OCH3 is 2. The van der Waals surface area contributed by atoms with Crippen molar-refractivity contribution in [3.05, 3.63) is 64.7 Å². The highest BCUT2D eigenvalue weighted by Gasteiger charge is 2.46. The number of ether oxygens (including phenoxy) is 3. The summed E-state index contributed by atoms with van der Waals surface area (Å²) in [6.45, 7) is 4.90. The quantitative estimate of drug-likeness (QED) is 0.276. The zero-order chi connectivity index (χ0) is 23.3. The zero-order valence-electron chi connectivity index (χ0n) is 18.9. The van der Waals surface area contributed by atoms with Crippen LogP contribution in [-0.4, -0.2) is 55.7 Å². The molecule has 2 aromatic rings. The molecule has 1 fully saturated rings. The molecule has 2 aromatic carbocycles. The first-order valence-corrected chi connectivity index (χ1v) is 10.6.